The summed E-state index contributed by atoms with van der Waals surface area (Å²) in [7, 11) is 0. The molecule has 2 aromatic rings. The minimum absolute atomic E-state index is 0.953. The molecule has 0 bridgehead atoms. The second-order valence-electron chi connectivity index (χ2n) is 4.22. The molecule has 0 fully saturated rings. The molecule has 0 aliphatic heterocycles. The van der Waals surface area contributed by atoms with E-state index >= 15 is 0 Å². The van der Waals surface area contributed by atoms with Crippen LogP contribution in [0.2, 0.25) is 0 Å². The van der Waals surface area contributed by atoms with Crippen LogP contribution < -0.4 is 0 Å². The van der Waals surface area contributed by atoms with Gasteiger partial charge in [0.05, 0.1) is 30.5 Å². The molecule has 8 heteroatoms. The van der Waals surface area contributed by atoms with Gasteiger partial charge in [0.15, 0.2) is 0 Å². The molecule has 0 heterocycles. The summed E-state index contributed by atoms with van der Waals surface area (Å²) in [5.41, 5.74) is -6.81. The Hall–Kier alpha value is -3.68. The summed E-state index contributed by atoms with van der Waals surface area (Å²) in [4.78, 5) is 45.7. The maximum Gasteiger partial charge on any atom is 0.336 e. The van der Waals surface area contributed by atoms with Crippen molar-refractivity contribution in [3.05, 3.63) is 58.5 Å². The third-order valence-electron chi connectivity index (χ3n) is 2.73. The van der Waals surface area contributed by atoms with E-state index in [2.05, 4.69) is 0 Å². The van der Waals surface area contributed by atoms with Crippen molar-refractivity contribution in [2.45, 2.75) is 0 Å². The number of hydrogen-bond acceptors (Lipinski definition) is 4. The highest BCUT2D eigenvalue weighted by molar-refractivity contribution is 6.04. The van der Waals surface area contributed by atoms with Crippen LogP contribution in [-0.2, 0) is 0 Å². The summed E-state index contributed by atoms with van der Waals surface area (Å²) in [6.45, 7) is 0. The quantitative estimate of drug-likeness (QED) is 0.648. The van der Waals surface area contributed by atoms with Crippen molar-refractivity contribution in [1.29, 1.82) is 0 Å². The zero-order valence-electron chi connectivity index (χ0n) is 17.4. The maximum atomic E-state index is 11.5. The minimum atomic E-state index is -1.98. The van der Waals surface area contributed by atoms with Crippen LogP contribution in [0.1, 0.15) is 49.7 Å². The summed E-state index contributed by atoms with van der Waals surface area (Å²) in [6, 6.07) is -7.00. The van der Waals surface area contributed by atoms with Crippen molar-refractivity contribution in [3.8, 4) is 11.1 Å². The Labute approximate surface area is 142 Å². The van der Waals surface area contributed by atoms with Gasteiger partial charge >= 0.3 is 23.9 Å². The number of carboxylic acids is 4. The zero-order chi connectivity index (χ0) is 23.2. The molecule has 2 rings (SSSR count). The van der Waals surface area contributed by atoms with Gasteiger partial charge in [0, 0.05) is 0 Å². The van der Waals surface area contributed by atoms with Crippen LogP contribution in [0.3, 0.4) is 0 Å². The fourth-order valence-electron chi connectivity index (χ4n) is 1.70. The molecule has 122 valence electrons. The Morgan fingerprint density at radius 1 is 0.583 bits per heavy atom. The predicted molar refractivity (Wildman–Crippen MR) is 79.7 cm³/mol. The van der Waals surface area contributed by atoms with E-state index in [1.165, 1.54) is 0 Å². The van der Waals surface area contributed by atoms with Gasteiger partial charge in [-0.2, -0.15) is 0 Å². The van der Waals surface area contributed by atoms with E-state index in [1.807, 2.05) is 0 Å². The van der Waals surface area contributed by atoms with E-state index in [0.717, 1.165) is 0 Å². The summed E-state index contributed by atoms with van der Waals surface area (Å²) in [6.07, 6.45) is 0. The number of rotatable bonds is 5. The van der Waals surface area contributed by atoms with Crippen LogP contribution in [0.5, 0.6) is 0 Å². The minimum Gasteiger partial charge on any atom is -0.478 e. The Morgan fingerprint density at radius 3 is 1.12 bits per heavy atom. The first-order valence-electron chi connectivity index (χ1n) is 8.96. The Morgan fingerprint density at radius 2 is 0.875 bits per heavy atom. The molecule has 4 N–H and O–H groups in total. The normalized spacial score (nSPS) is 13.7. The third kappa shape index (κ3) is 3.07. The molecule has 0 aliphatic carbocycles. The van der Waals surface area contributed by atoms with Crippen molar-refractivity contribution in [1.82, 2.24) is 0 Å². The smallest absolute Gasteiger partial charge is 0.336 e. The van der Waals surface area contributed by atoms with Crippen LogP contribution in [0.15, 0.2) is 36.3 Å². The molecule has 0 spiro atoms. The van der Waals surface area contributed by atoms with Gasteiger partial charge in [-0.05, 0) is 35.3 Å². The highest BCUT2D eigenvalue weighted by atomic mass is 16.4. The standard InChI is InChI=1S/C16H10O8/c17-13(18)9-3-1-7(5-11(9)15(21)22)8-2-4-10(14(19)20)12(6-8)16(23)24/h1-6H,(H,17,18)(H,19,20)(H,21,22)(H,23,24)/i1D,2D,3D,4D,5D,6D. The summed E-state index contributed by atoms with van der Waals surface area (Å²) in [5, 5.41) is 37.0. The fraction of sp³-hybridized carbons (Fsp3) is 0. The number of carbonyl (C=O) groups is 4. The van der Waals surface area contributed by atoms with Crippen LogP contribution in [-0.4, -0.2) is 44.3 Å². The molecule has 24 heavy (non-hydrogen) atoms. The highest BCUT2D eigenvalue weighted by Crippen LogP contribution is 2.25. The summed E-state index contributed by atoms with van der Waals surface area (Å²) < 4.78 is 47.6. The number of carboxylic acid groups (broad SMARTS) is 4. The van der Waals surface area contributed by atoms with Crippen molar-refractivity contribution < 1.29 is 47.8 Å². The monoisotopic (exact) mass is 336 g/mol. The van der Waals surface area contributed by atoms with E-state index in [0.29, 0.717) is 0 Å². The average molecular weight is 336 g/mol. The molecular weight excluding hydrogens is 320 g/mol. The van der Waals surface area contributed by atoms with Crippen LogP contribution >= 0.6 is 0 Å². The van der Waals surface area contributed by atoms with Crippen molar-refractivity contribution >= 4 is 23.9 Å². The van der Waals surface area contributed by atoms with Gasteiger partial charge in [0.1, 0.15) is 0 Å². The van der Waals surface area contributed by atoms with Crippen LogP contribution in [0.25, 0.3) is 11.1 Å². The molecular formula is C16H10O8. The largest absolute Gasteiger partial charge is 0.478 e. The molecule has 2 aromatic carbocycles. The lowest BCUT2D eigenvalue weighted by Gasteiger charge is -2.09. The van der Waals surface area contributed by atoms with Crippen molar-refractivity contribution in [3.63, 3.8) is 0 Å². The topological polar surface area (TPSA) is 149 Å². The number of aromatic carboxylic acids is 4. The lowest BCUT2D eigenvalue weighted by Crippen LogP contribution is -2.09. The maximum absolute atomic E-state index is 11.5. The molecule has 0 saturated carbocycles. The Bertz CT molecular complexity index is 1080. The van der Waals surface area contributed by atoms with Gasteiger partial charge in [-0.15, -0.1) is 0 Å². The molecule has 0 unspecified atom stereocenters. The first-order chi connectivity index (χ1) is 13.7. The van der Waals surface area contributed by atoms with Crippen molar-refractivity contribution in [2.75, 3.05) is 0 Å². The molecule has 0 aromatic heterocycles. The van der Waals surface area contributed by atoms with Crippen LogP contribution in [0, 0.1) is 0 Å². The highest BCUT2D eigenvalue weighted by Gasteiger charge is 2.19. The van der Waals surface area contributed by atoms with E-state index < -0.39 is 93.5 Å². The summed E-state index contributed by atoms with van der Waals surface area (Å²) >= 11 is 0. The van der Waals surface area contributed by atoms with Gasteiger partial charge in [-0.25, -0.2) is 19.2 Å². The lowest BCUT2D eigenvalue weighted by molar-refractivity contribution is 0.0651. The van der Waals surface area contributed by atoms with Gasteiger partial charge < -0.3 is 20.4 Å². The average Bonchev–Trinajstić information content (AvgIpc) is 2.61. The summed E-state index contributed by atoms with van der Waals surface area (Å²) in [5.74, 6) is -7.82. The molecule has 0 amide bonds. The fourth-order valence-corrected chi connectivity index (χ4v) is 1.70. The Balaban J connectivity index is 3.22. The van der Waals surface area contributed by atoms with Gasteiger partial charge in [-0.3, -0.25) is 0 Å². The molecule has 0 atom stereocenters. The first kappa shape index (κ1) is 10.2. The SMILES string of the molecule is [2H]c1c([2H])c(-c2c([2H])c([2H])c(C(=O)O)c(C(=O)O)c2[2H])c([2H])c(C(=O)O)c1C(=O)O. The van der Waals surface area contributed by atoms with E-state index in [-0.39, 0.29) is 0 Å². The van der Waals surface area contributed by atoms with Gasteiger partial charge in [-0.1, -0.05) is 12.1 Å². The second kappa shape index (κ2) is 6.21. The van der Waals surface area contributed by atoms with E-state index in [9.17, 15) is 39.6 Å². The van der Waals surface area contributed by atoms with Crippen LogP contribution in [0.4, 0.5) is 0 Å². The van der Waals surface area contributed by atoms with Gasteiger partial charge in [0.2, 0.25) is 0 Å². The molecule has 8 nitrogen and oxygen atoms in total. The van der Waals surface area contributed by atoms with Gasteiger partial charge in [0.25, 0.3) is 0 Å². The van der Waals surface area contributed by atoms with E-state index in [1.54, 1.807) is 0 Å². The Kier molecular flexibility index (Phi) is 2.63. The molecule has 0 saturated heterocycles. The number of benzene rings is 2. The molecule has 0 radical (unpaired) electrons. The van der Waals surface area contributed by atoms with Crippen molar-refractivity contribution in [2.24, 2.45) is 0 Å². The first-order valence-corrected chi connectivity index (χ1v) is 5.96. The predicted octanol–water partition coefficient (Wildman–Crippen LogP) is 2.15. The molecule has 0 aliphatic rings. The van der Waals surface area contributed by atoms with E-state index in [4.69, 9.17) is 8.22 Å². The zero-order valence-corrected chi connectivity index (χ0v) is 11.4. The second-order valence-corrected chi connectivity index (χ2v) is 4.22. The third-order valence-corrected chi connectivity index (χ3v) is 2.73. The number of hydrogen-bond donors (Lipinski definition) is 4. The lowest BCUT2D eigenvalue weighted by atomic mass is 9.96.